The Bertz CT molecular complexity index is 623. The molecule has 0 N–H and O–H groups in total. The summed E-state index contributed by atoms with van der Waals surface area (Å²) in [6.07, 6.45) is 13.8. The highest BCUT2D eigenvalue weighted by Gasteiger charge is 2.32. The van der Waals surface area contributed by atoms with Gasteiger partial charge in [-0.2, -0.15) is 0 Å². The molecule has 0 spiro atoms. The first-order valence-corrected chi connectivity index (χ1v) is 12.2. The van der Waals surface area contributed by atoms with Crippen LogP contribution in [-0.2, 0) is 6.42 Å². The maximum absolute atomic E-state index is 13.6. The summed E-state index contributed by atoms with van der Waals surface area (Å²) >= 11 is 0. The highest BCUT2D eigenvalue weighted by Crippen LogP contribution is 2.39. The Kier molecular flexibility index (Phi) is 9.50. The van der Waals surface area contributed by atoms with E-state index >= 15 is 0 Å². The highest BCUT2D eigenvalue weighted by atomic mass is 19.1. The second-order valence-electron chi connectivity index (χ2n) is 10.6. The summed E-state index contributed by atoms with van der Waals surface area (Å²) in [6, 6.07) is 3.24. The van der Waals surface area contributed by atoms with Gasteiger partial charge in [-0.15, -0.1) is 0 Å². The first-order chi connectivity index (χ1) is 13.7. The molecule has 1 aliphatic rings. The van der Waals surface area contributed by atoms with Crippen LogP contribution in [0.15, 0.2) is 12.1 Å². The average Bonchev–Trinajstić information content (AvgIpc) is 2.62. The normalized spacial score (nSPS) is 21.0. The second-order valence-corrected chi connectivity index (χ2v) is 10.6. The van der Waals surface area contributed by atoms with Gasteiger partial charge in [-0.3, -0.25) is 0 Å². The molecule has 0 amide bonds. The van der Waals surface area contributed by atoms with Crippen LogP contribution in [0.25, 0.3) is 0 Å². The first-order valence-electron chi connectivity index (χ1n) is 12.2. The first kappa shape index (κ1) is 24.2. The van der Waals surface area contributed by atoms with E-state index in [-0.39, 0.29) is 11.4 Å². The van der Waals surface area contributed by atoms with Crippen molar-refractivity contribution in [1.29, 1.82) is 0 Å². The van der Waals surface area contributed by atoms with Crippen LogP contribution in [-0.4, -0.2) is 5.60 Å². The van der Waals surface area contributed by atoms with Crippen LogP contribution in [0.1, 0.15) is 110 Å². The lowest BCUT2D eigenvalue weighted by atomic mass is 9.85. The average molecular weight is 405 g/mol. The van der Waals surface area contributed by atoms with Gasteiger partial charge in [-0.25, -0.2) is 4.39 Å². The van der Waals surface area contributed by atoms with Gasteiger partial charge in [-0.1, -0.05) is 72.6 Å². The fourth-order valence-corrected chi connectivity index (χ4v) is 4.81. The Morgan fingerprint density at radius 3 is 2.14 bits per heavy atom. The van der Waals surface area contributed by atoms with Crippen molar-refractivity contribution in [3.8, 4) is 5.75 Å². The molecule has 1 aliphatic heterocycles. The minimum atomic E-state index is -0.142. The summed E-state index contributed by atoms with van der Waals surface area (Å²) < 4.78 is 20.0. The van der Waals surface area contributed by atoms with E-state index in [0.29, 0.717) is 0 Å². The minimum Gasteiger partial charge on any atom is -0.487 e. The summed E-state index contributed by atoms with van der Waals surface area (Å²) in [7, 11) is 0. The van der Waals surface area contributed by atoms with Crippen molar-refractivity contribution in [3.63, 3.8) is 0 Å². The predicted molar refractivity (Wildman–Crippen MR) is 123 cm³/mol. The molecule has 1 heterocycles. The Morgan fingerprint density at radius 2 is 1.52 bits per heavy atom. The van der Waals surface area contributed by atoms with Crippen molar-refractivity contribution in [2.45, 2.75) is 118 Å². The standard InChI is InChI=1S/C27H45FO/c1-20(2)10-7-11-21(3)12-8-13-22(4)14-9-16-27(6)17-15-24-19-25(28)18-23(5)26(24)29-27/h18-22H,7-17H2,1-6H3/t21-,22-,27-/m1/s1. The van der Waals surface area contributed by atoms with Gasteiger partial charge in [-0.05, 0) is 80.5 Å². The van der Waals surface area contributed by atoms with Gasteiger partial charge in [0.15, 0.2) is 0 Å². The summed E-state index contributed by atoms with van der Waals surface area (Å²) in [5.74, 6) is 3.31. The zero-order chi connectivity index (χ0) is 21.4. The van der Waals surface area contributed by atoms with Crippen molar-refractivity contribution in [2.24, 2.45) is 17.8 Å². The number of hydrogen-bond donors (Lipinski definition) is 0. The van der Waals surface area contributed by atoms with Crippen molar-refractivity contribution in [2.75, 3.05) is 0 Å². The van der Waals surface area contributed by atoms with Gasteiger partial charge in [0.05, 0.1) is 0 Å². The Labute approximate surface area is 179 Å². The third kappa shape index (κ3) is 8.30. The van der Waals surface area contributed by atoms with Crippen LogP contribution in [0.2, 0.25) is 0 Å². The van der Waals surface area contributed by atoms with Crippen molar-refractivity contribution in [3.05, 3.63) is 29.1 Å². The smallest absolute Gasteiger partial charge is 0.126 e. The molecule has 166 valence electrons. The van der Waals surface area contributed by atoms with Gasteiger partial charge in [0.1, 0.15) is 17.2 Å². The van der Waals surface area contributed by atoms with E-state index in [1.54, 1.807) is 12.1 Å². The van der Waals surface area contributed by atoms with Crippen LogP contribution >= 0.6 is 0 Å². The van der Waals surface area contributed by atoms with E-state index in [9.17, 15) is 4.39 Å². The summed E-state index contributed by atoms with van der Waals surface area (Å²) in [6.45, 7) is 13.7. The number of ether oxygens (including phenoxy) is 1. The Balaban J connectivity index is 1.65. The molecule has 3 atom stereocenters. The lowest BCUT2D eigenvalue weighted by Crippen LogP contribution is -2.36. The molecule has 29 heavy (non-hydrogen) atoms. The quantitative estimate of drug-likeness (QED) is 0.338. The number of aryl methyl sites for hydroxylation is 2. The molecule has 0 unspecified atom stereocenters. The largest absolute Gasteiger partial charge is 0.487 e. The predicted octanol–water partition coefficient (Wildman–Crippen LogP) is 8.66. The molecular formula is C27H45FO. The molecule has 2 heteroatoms. The van der Waals surface area contributed by atoms with E-state index in [1.165, 1.54) is 51.4 Å². The molecule has 0 saturated heterocycles. The molecule has 0 fully saturated rings. The van der Waals surface area contributed by atoms with Gasteiger partial charge >= 0.3 is 0 Å². The minimum absolute atomic E-state index is 0.0970. The summed E-state index contributed by atoms with van der Waals surface area (Å²) in [5.41, 5.74) is 1.87. The fraction of sp³-hybridized carbons (Fsp3) is 0.778. The third-order valence-electron chi connectivity index (χ3n) is 6.86. The van der Waals surface area contributed by atoms with Crippen molar-refractivity contribution < 1.29 is 9.13 Å². The molecule has 0 bridgehead atoms. The number of hydrogen-bond acceptors (Lipinski definition) is 1. The third-order valence-corrected chi connectivity index (χ3v) is 6.86. The zero-order valence-corrected chi connectivity index (χ0v) is 20.0. The lowest BCUT2D eigenvalue weighted by Gasteiger charge is -2.37. The van der Waals surface area contributed by atoms with Crippen molar-refractivity contribution >= 4 is 0 Å². The zero-order valence-electron chi connectivity index (χ0n) is 20.0. The Hall–Kier alpha value is -1.05. The number of benzene rings is 1. The van der Waals surface area contributed by atoms with E-state index in [4.69, 9.17) is 4.74 Å². The van der Waals surface area contributed by atoms with E-state index in [1.807, 2.05) is 6.92 Å². The van der Waals surface area contributed by atoms with Crippen LogP contribution in [0.3, 0.4) is 0 Å². The summed E-state index contributed by atoms with van der Waals surface area (Å²) in [4.78, 5) is 0. The van der Waals surface area contributed by atoms with Gasteiger partial charge in [0.25, 0.3) is 0 Å². The van der Waals surface area contributed by atoms with Crippen LogP contribution in [0.4, 0.5) is 4.39 Å². The van der Waals surface area contributed by atoms with E-state index in [0.717, 1.165) is 53.9 Å². The molecule has 2 rings (SSSR count). The maximum Gasteiger partial charge on any atom is 0.126 e. The maximum atomic E-state index is 13.6. The topological polar surface area (TPSA) is 9.23 Å². The molecule has 0 radical (unpaired) electrons. The molecule has 1 aromatic carbocycles. The molecule has 0 aromatic heterocycles. The van der Waals surface area contributed by atoms with Gasteiger partial charge < -0.3 is 4.74 Å². The lowest BCUT2D eigenvalue weighted by molar-refractivity contribution is 0.0514. The van der Waals surface area contributed by atoms with Crippen molar-refractivity contribution in [1.82, 2.24) is 0 Å². The molecule has 0 saturated carbocycles. The highest BCUT2D eigenvalue weighted by molar-refractivity contribution is 5.43. The summed E-state index contributed by atoms with van der Waals surface area (Å²) in [5, 5.41) is 0. The molecular weight excluding hydrogens is 359 g/mol. The van der Waals surface area contributed by atoms with E-state index < -0.39 is 0 Å². The monoisotopic (exact) mass is 404 g/mol. The van der Waals surface area contributed by atoms with Gasteiger partial charge in [0, 0.05) is 0 Å². The van der Waals surface area contributed by atoms with Crippen LogP contribution in [0.5, 0.6) is 5.75 Å². The van der Waals surface area contributed by atoms with Crippen LogP contribution < -0.4 is 4.74 Å². The fourth-order valence-electron chi connectivity index (χ4n) is 4.81. The number of fused-ring (bicyclic) bond motifs is 1. The van der Waals surface area contributed by atoms with E-state index in [2.05, 4.69) is 34.6 Å². The number of halogens is 1. The SMILES string of the molecule is Cc1cc(F)cc2c1O[C@](C)(CCC[C@H](C)CCC[C@H](C)CCCC(C)C)CC2. The number of rotatable bonds is 12. The molecule has 0 aliphatic carbocycles. The second kappa shape index (κ2) is 11.4. The van der Waals surface area contributed by atoms with Gasteiger partial charge in [0.2, 0.25) is 0 Å². The van der Waals surface area contributed by atoms with Crippen LogP contribution in [0, 0.1) is 30.5 Å². The Morgan fingerprint density at radius 1 is 0.931 bits per heavy atom. The molecule has 1 aromatic rings. The molecule has 1 nitrogen and oxygen atoms in total.